The number of nitrogens with one attached hydrogen (secondary N) is 3. The third-order valence-electron chi connectivity index (χ3n) is 5.17. The van der Waals surface area contributed by atoms with Crippen LogP contribution in [0.1, 0.15) is 12.0 Å². The molecular weight excluding hydrogens is 356 g/mol. The third-order valence-corrected chi connectivity index (χ3v) is 5.17. The minimum atomic E-state index is -0.242. The van der Waals surface area contributed by atoms with Crippen molar-refractivity contribution >= 4 is 29.0 Å². The zero-order valence-electron chi connectivity index (χ0n) is 15.8. The first-order chi connectivity index (χ1) is 13.6. The molecule has 28 heavy (non-hydrogen) atoms. The van der Waals surface area contributed by atoms with Crippen molar-refractivity contribution in [1.29, 1.82) is 0 Å². The fourth-order valence-corrected chi connectivity index (χ4v) is 3.70. The summed E-state index contributed by atoms with van der Waals surface area (Å²) < 4.78 is 5.37. The summed E-state index contributed by atoms with van der Waals surface area (Å²) in [5, 5.41) is 8.51. The molecular formula is C21H24N4O3. The number of hydrogen-bond donors (Lipinski definition) is 3. The second-order valence-corrected chi connectivity index (χ2v) is 7.27. The Morgan fingerprint density at radius 3 is 3.00 bits per heavy atom. The van der Waals surface area contributed by atoms with Gasteiger partial charge in [0.05, 0.1) is 5.69 Å². The Kier molecular flexibility index (Phi) is 5.06. The summed E-state index contributed by atoms with van der Waals surface area (Å²) in [6.45, 7) is 4.69. The third kappa shape index (κ3) is 4.03. The highest BCUT2D eigenvalue weighted by atomic mass is 16.5. The molecule has 146 valence electrons. The Labute approximate surface area is 164 Å². The fourth-order valence-electron chi connectivity index (χ4n) is 3.70. The number of nitrogens with zero attached hydrogens (tertiary/aromatic N) is 1. The SMILES string of the molecule is Cc1ccccc1N1CCC(CNC(=O)Nc2ccc3c(c2)OCC(=O)N3)C1. The van der Waals surface area contributed by atoms with Crippen molar-refractivity contribution in [2.45, 2.75) is 13.3 Å². The van der Waals surface area contributed by atoms with Crippen molar-refractivity contribution in [1.82, 2.24) is 5.32 Å². The molecule has 0 aliphatic carbocycles. The number of hydrogen-bond acceptors (Lipinski definition) is 4. The van der Waals surface area contributed by atoms with Crippen LogP contribution in [0.4, 0.5) is 21.9 Å². The lowest BCUT2D eigenvalue weighted by molar-refractivity contribution is -0.118. The number of aryl methyl sites for hydroxylation is 1. The lowest BCUT2D eigenvalue weighted by Crippen LogP contribution is -2.34. The summed E-state index contributed by atoms with van der Waals surface area (Å²) in [4.78, 5) is 25.9. The molecule has 1 atom stereocenters. The molecule has 3 amide bonds. The highest BCUT2D eigenvalue weighted by Crippen LogP contribution is 2.30. The smallest absolute Gasteiger partial charge is 0.319 e. The molecule has 3 N–H and O–H groups in total. The predicted molar refractivity (Wildman–Crippen MR) is 109 cm³/mol. The van der Waals surface area contributed by atoms with Crippen molar-refractivity contribution < 1.29 is 14.3 Å². The second-order valence-electron chi connectivity index (χ2n) is 7.27. The molecule has 7 heteroatoms. The van der Waals surface area contributed by atoms with Gasteiger partial charge in [0.25, 0.3) is 5.91 Å². The molecule has 1 saturated heterocycles. The Morgan fingerprint density at radius 2 is 2.14 bits per heavy atom. The Bertz CT molecular complexity index is 899. The topological polar surface area (TPSA) is 82.7 Å². The molecule has 4 rings (SSSR count). The molecule has 2 aromatic carbocycles. The van der Waals surface area contributed by atoms with E-state index in [-0.39, 0.29) is 18.5 Å². The van der Waals surface area contributed by atoms with Crippen LogP contribution in [0.5, 0.6) is 5.75 Å². The summed E-state index contributed by atoms with van der Waals surface area (Å²) in [6, 6.07) is 13.3. The van der Waals surface area contributed by atoms with Gasteiger partial charge in [0, 0.05) is 37.1 Å². The first-order valence-corrected chi connectivity index (χ1v) is 9.50. The van der Waals surface area contributed by atoms with Gasteiger partial charge in [-0.15, -0.1) is 0 Å². The molecule has 1 fully saturated rings. The number of benzene rings is 2. The van der Waals surface area contributed by atoms with Crippen LogP contribution in [0.25, 0.3) is 0 Å². The number of anilines is 3. The van der Waals surface area contributed by atoms with Crippen LogP contribution in [-0.4, -0.2) is 38.2 Å². The van der Waals surface area contributed by atoms with E-state index in [2.05, 4.69) is 52.0 Å². The van der Waals surface area contributed by atoms with E-state index < -0.39 is 0 Å². The normalized spacial score (nSPS) is 18.1. The van der Waals surface area contributed by atoms with Gasteiger partial charge >= 0.3 is 6.03 Å². The molecule has 7 nitrogen and oxygen atoms in total. The van der Waals surface area contributed by atoms with Crippen LogP contribution in [0.15, 0.2) is 42.5 Å². The van der Waals surface area contributed by atoms with Crippen LogP contribution in [-0.2, 0) is 4.79 Å². The van der Waals surface area contributed by atoms with Gasteiger partial charge in [0.15, 0.2) is 6.61 Å². The number of ether oxygens (including phenoxy) is 1. The van der Waals surface area contributed by atoms with Crippen LogP contribution >= 0.6 is 0 Å². The van der Waals surface area contributed by atoms with Gasteiger partial charge in [-0.05, 0) is 43.0 Å². The number of fused-ring (bicyclic) bond motifs is 1. The van der Waals surface area contributed by atoms with Crippen molar-refractivity contribution in [3.05, 3.63) is 48.0 Å². The van der Waals surface area contributed by atoms with Crippen LogP contribution in [0, 0.1) is 12.8 Å². The summed E-state index contributed by atoms with van der Waals surface area (Å²) in [5.41, 5.74) is 3.79. The highest BCUT2D eigenvalue weighted by molar-refractivity contribution is 5.96. The molecule has 2 heterocycles. The summed E-state index contributed by atoms with van der Waals surface area (Å²) in [5.74, 6) is 0.803. The van der Waals surface area contributed by atoms with E-state index in [1.165, 1.54) is 11.3 Å². The summed E-state index contributed by atoms with van der Waals surface area (Å²) in [7, 11) is 0. The number of carbonyl (C=O) groups is 2. The van der Waals surface area contributed by atoms with E-state index >= 15 is 0 Å². The Balaban J connectivity index is 1.27. The maximum Gasteiger partial charge on any atom is 0.319 e. The minimum absolute atomic E-state index is 0.0122. The van der Waals surface area contributed by atoms with Crippen LogP contribution in [0.2, 0.25) is 0 Å². The van der Waals surface area contributed by atoms with Crippen molar-refractivity contribution in [3.63, 3.8) is 0 Å². The van der Waals surface area contributed by atoms with Gasteiger partial charge in [-0.2, -0.15) is 0 Å². The second kappa shape index (κ2) is 7.80. The summed E-state index contributed by atoms with van der Waals surface area (Å²) in [6.07, 6.45) is 1.06. The molecule has 1 unspecified atom stereocenters. The maximum atomic E-state index is 12.2. The predicted octanol–water partition coefficient (Wildman–Crippen LogP) is 2.97. The number of rotatable bonds is 4. The number of para-hydroxylation sites is 1. The zero-order valence-corrected chi connectivity index (χ0v) is 15.8. The number of urea groups is 1. The largest absolute Gasteiger partial charge is 0.482 e. The first kappa shape index (κ1) is 18.2. The molecule has 2 aromatic rings. The van der Waals surface area contributed by atoms with Crippen molar-refractivity contribution in [2.75, 3.05) is 41.8 Å². The van der Waals surface area contributed by atoms with E-state index in [1.807, 2.05) is 0 Å². The standard InChI is InChI=1S/C21H24N4O3/c1-14-4-2-3-5-18(14)25-9-8-15(12-25)11-22-21(27)23-16-6-7-17-19(10-16)28-13-20(26)24-17/h2-7,10,15H,8-9,11-13H2,1H3,(H,24,26)(H2,22,23,27). The average molecular weight is 380 g/mol. The van der Waals surface area contributed by atoms with E-state index in [1.54, 1.807) is 18.2 Å². The molecule has 0 radical (unpaired) electrons. The molecule has 2 aliphatic rings. The van der Waals surface area contributed by atoms with Crippen LogP contribution in [0.3, 0.4) is 0 Å². The minimum Gasteiger partial charge on any atom is -0.482 e. The van der Waals surface area contributed by atoms with Gasteiger partial charge in [-0.25, -0.2) is 4.79 Å². The van der Waals surface area contributed by atoms with E-state index in [0.29, 0.717) is 29.6 Å². The van der Waals surface area contributed by atoms with Gasteiger partial charge < -0.3 is 25.6 Å². The van der Waals surface area contributed by atoms with Crippen molar-refractivity contribution in [3.8, 4) is 5.75 Å². The quantitative estimate of drug-likeness (QED) is 0.762. The van der Waals surface area contributed by atoms with Gasteiger partial charge in [0.1, 0.15) is 5.75 Å². The molecule has 0 bridgehead atoms. The van der Waals surface area contributed by atoms with Crippen LogP contribution < -0.4 is 25.6 Å². The molecule has 0 aromatic heterocycles. The first-order valence-electron chi connectivity index (χ1n) is 9.50. The van der Waals surface area contributed by atoms with Gasteiger partial charge in [0.2, 0.25) is 0 Å². The number of carbonyl (C=O) groups excluding carboxylic acids is 2. The summed E-state index contributed by atoms with van der Waals surface area (Å²) >= 11 is 0. The average Bonchev–Trinajstić information content (AvgIpc) is 3.16. The van der Waals surface area contributed by atoms with Gasteiger partial charge in [-0.1, -0.05) is 18.2 Å². The maximum absolute atomic E-state index is 12.2. The van der Waals surface area contributed by atoms with E-state index in [9.17, 15) is 9.59 Å². The van der Waals surface area contributed by atoms with E-state index in [4.69, 9.17) is 4.74 Å². The Hall–Kier alpha value is -3.22. The highest BCUT2D eigenvalue weighted by Gasteiger charge is 2.24. The van der Waals surface area contributed by atoms with Gasteiger partial charge in [-0.3, -0.25) is 4.79 Å². The molecule has 0 spiro atoms. The molecule has 0 saturated carbocycles. The monoisotopic (exact) mass is 380 g/mol. The fraction of sp³-hybridized carbons (Fsp3) is 0.333. The molecule has 2 aliphatic heterocycles. The zero-order chi connectivity index (χ0) is 19.5. The Morgan fingerprint density at radius 1 is 1.29 bits per heavy atom. The van der Waals surface area contributed by atoms with E-state index in [0.717, 1.165) is 19.5 Å². The lowest BCUT2D eigenvalue weighted by Gasteiger charge is -2.21. The number of amides is 3. The lowest BCUT2D eigenvalue weighted by atomic mass is 10.1. The van der Waals surface area contributed by atoms with Crippen molar-refractivity contribution in [2.24, 2.45) is 5.92 Å².